The molecule has 0 saturated heterocycles. The molecule has 0 heterocycles. The molecule has 0 saturated carbocycles. The van der Waals surface area contributed by atoms with Crippen LogP contribution in [0, 0.1) is 11.3 Å². The molecule has 0 atom stereocenters. The van der Waals surface area contributed by atoms with E-state index in [9.17, 15) is 28.8 Å². The predicted octanol–water partition coefficient (Wildman–Crippen LogP) is 10.8. The number of methoxy groups -OCH3 is 2. The number of esters is 6. The first-order valence-electron chi connectivity index (χ1n) is 24.8. The number of nitrogens with zero attached hydrogens (tertiary/aromatic N) is 1. The summed E-state index contributed by atoms with van der Waals surface area (Å²) in [6.45, 7) is 4.09. The number of hydrogen-bond acceptors (Lipinski definition) is 13. The summed E-state index contributed by atoms with van der Waals surface area (Å²) >= 11 is 0. The normalized spacial score (nSPS) is 11.4. The lowest BCUT2D eigenvalue weighted by Gasteiger charge is -2.32. The predicted molar refractivity (Wildman–Crippen MR) is 247 cm³/mol. The fourth-order valence-corrected chi connectivity index (χ4v) is 7.35. The van der Waals surface area contributed by atoms with Crippen LogP contribution in [-0.2, 0) is 57.2 Å². The van der Waals surface area contributed by atoms with Gasteiger partial charge in [-0.15, -0.1) is 0 Å². The van der Waals surface area contributed by atoms with Gasteiger partial charge in [-0.2, -0.15) is 0 Å². The van der Waals surface area contributed by atoms with E-state index in [0.717, 1.165) is 141 Å². The molecule has 0 aromatic heterocycles. The van der Waals surface area contributed by atoms with Crippen LogP contribution < -0.4 is 0 Å². The summed E-state index contributed by atoms with van der Waals surface area (Å²) in [5.74, 6) is -1.75. The van der Waals surface area contributed by atoms with E-state index in [-0.39, 0.29) is 75.9 Å². The largest absolute Gasteiger partial charge is 0.469 e. The minimum absolute atomic E-state index is 0.173. The van der Waals surface area contributed by atoms with Gasteiger partial charge < -0.3 is 33.3 Å². The monoisotopic (exact) mass is 898 g/mol. The number of ether oxygens (including phenoxy) is 6. The van der Waals surface area contributed by atoms with E-state index < -0.39 is 23.3 Å². The molecule has 0 rings (SSSR count). The Morgan fingerprint density at radius 3 is 1.02 bits per heavy atom. The Kier molecular flexibility index (Phi) is 39.4. The zero-order valence-corrected chi connectivity index (χ0v) is 40.9. The molecule has 0 fully saturated rings. The first-order valence-corrected chi connectivity index (χ1v) is 24.8. The van der Waals surface area contributed by atoms with Crippen molar-refractivity contribution in [3.8, 4) is 0 Å². The molecule has 63 heavy (non-hydrogen) atoms. The van der Waals surface area contributed by atoms with Crippen LogP contribution in [0.25, 0.3) is 0 Å². The Balaban J connectivity index is 5.63. The number of unbranched alkanes of at least 4 members (excludes halogenated alkanes) is 18. The highest BCUT2D eigenvalue weighted by Gasteiger charge is 2.38. The lowest BCUT2D eigenvalue weighted by atomic mass is 9.91. The van der Waals surface area contributed by atoms with Crippen LogP contribution in [0.2, 0.25) is 0 Å². The van der Waals surface area contributed by atoms with Gasteiger partial charge in [-0.05, 0) is 71.5 Å². The van der Waals surface area contributed by atoms with Gasteiger partial charge in [-0.25, -0.2) is 0 Å². The van der Waals surface area contributed by atoms with Crippen LogP contribution in [-0.4, -0.2) is 102 Å². The van der Waals surface area contributed by atoms with Crippen molar-refractivity contribution in [2.24, 2.45) is 11.3 Å². The smallest absolute Gasteiger partial charge is 0.306 e. The number of carbonyl (C=O) groups excluding carboxylic acids is 6. The average Bonchev–Trinajstić information content (AvgIpc) is 3.26. The zero-order valence-electron chi connectivity index (χ0n) is 40.9. The van der Waals surface area contributed by atoms with E-state index >= 15 is 0 Å². The van der Waals surface area contributed by atoms with E-state index in [4.69, 9.17) is 28.4 Å². The summed E-state index contributed by atoms with van der Waals surface area (Å²) in [4.78, 5) is 77.3. The third-order valence-corrected chi connectivity index (χ3v) is 11.5. The Hall–Kier alpha value is -3.22. The van der Waals surface area contributed by atoms with Gasteiger partial charge in [-0.3, -0.25) is 28.8 Å². The molecular formula is C50H91NO12. The number of carbonyl (C=O) groups is 6. The summed E-state index contributed by atoms with van der Waals surface area (Å²) in [5.41, 5.74) is -1.28. The van der Waals surface area contributed by atoms with Crippen molar-refractivity contribution in [1.82, 2.24) is 4.90 Å². The molecule has 0 aliphatic rings. The summed E-state index contributed by atoms with van der Waals surface area (Å²) in [5, 5.41) is 0. The van der Waals surface area contributed by atoms with Gasteiger partial charge in [0.1, 0.15) is 31.8 Å². The Bertz CT molecular complexity index is 1130. The first-order chi connectivity index (χ1) is 30.4. The lowest BCUT2D eigenvalue weighted by Crippen LogP contribution is -2.44. The molecule has 0 unspecified atom stereocenters. The van der Waals surface area contributed by atoms with Crippen LogP contribution in [0.1, 0.15) is 213 Å². The van der Waals surface area contributed by atoms with Crippen LogP contribution in [0.15, 0.2) is 0 Å². The van der Waals surface area contributed by atoms with Crippen LogP contribution in [0.5, 0.6) is 0 Å². The molecule has 0 aromatic rings. The molecule has 0 aliphatic carbocycles. The molecule has 368 valence electrons. The highest BCUT2D eigenvalue weighted by atomic mass is 16.6. The SMILES string of the molecule is CCCCCC(CCCCC)CC(=O)OCC(COC(=O)CCCCCCCCCCC(=O)OC)(COC(=O)CCCCCCCCCCC(=O)OC)COC(=O)CCCN(C)C. The van der Waals surface area contributed by atoms with Gasteiger partial charge in [0.25, 0.3) is 0 Å². The van der Waals surface area contributed by atoms with E-state index in [1.165, 1.54) is 14.2 Å². The third kappa shape index (κ3) is 37.8. The second kappa shape index (κ2) is 41.5. The van der Waals surface area contributed by atoms with Crippen molar-refractivity contribution in [1.29, 1.82) is 0 Å². The van der Waals surface area contributed by atoms with Crippen molar-refractivity contribution in [3.63, 3.8) is 0 Å². The van der Waals surface area contributed by atoms with Crippen molar-refractivity contribution in [2.45, 2.75) is 213 Å². The zero-order chi connectivity index (χ0) is 46.8. The maximum atomic E-state index is 13.5. The highest BCUT2D eigenvalue weighted by Crippen LogP contribution is 2.26. The van der Waals surface area contributed by atoms with Gasteiger partial charge >= 0.3 is 35.8 Å². The molecule has 0 N–H and O–H groups in total. The second-order valence-corrected chi connectivity index (χ2v) is 17.9. The maximum Gasteiger partial charge on any atom is 0.306 e. The molecule has 0 aromatic carbocycles. The fourth-order valence-electron chi connectivity index (χ4n) is 7.35. The van der Waals surface area contributed by atoms with Gasteiger partial charge in [-0.1, -0.05) is 129 Å². The van der Waals surface area contributed by atoms with E-state index in [0.29, 0.717) is 38.6 Å². The molecule has 0 spiro atoms. The molecular weight excluding hydrogens is 807 g/mol. The minimum Gasteiger partial charge on any atom is -0.469 e. The summed E-state index contributed by atoms with van der Waals surface area (Å²) in [6, 6.07) is 0. The topological polar surface area (TPSA) is 161 Å². The van der Waals surface area contributed by atoms with Crippen molar-refractivity contribution >= 4 is 35.8 Å². The maximum absolute atomic E-state index is 13.5. The number of hydrogen-bond donors (Lipinski definition) is 0. The standard InChI is InChI=1S/C50H91NO12/c1-7-9-23-30-43(31-24-10-8-2)38-49(57)63-42-50(41-62-48(56)36-29-37-51(3)4,39-60-46(54)34-27-21-17-13-11-15-19-25-32-44(52)58-5)40-61-47(55)35-28-22-18-14-12-16-20-26-33-45(53)59-6/h43H,7-42H2,1-6H3. The van der Waals surface area contributed by atoms with Crippen molar-refractivity contribution in [2.75, 3.05) is 61.3 Å². The van der Waals surface area contributed by atoms with E-state index in [1.54, 1.807) is 0 Å². The first kappa shape index (κ1) is 59.8. The lowest BCUT2D eigenvalue weighted by molar-refractivity contribution is -0.171. The Morgan fingerprint density at radius 2 is 0.698 bits per heavy atom. The van der Waals surface area contributed by atoms with Gasteiger partial charge in [0.2, 0.25) is 0 Å². The van der Waals surface area contributed by atoms with Gasteiger partial charge in [0.05, 0.1) is 14.2 Å². The van der Waals surface area contributed by atoms with Crippen molar-refractivity contribution in [3.05, 3.63) is 0 Å². The van der Waals surface area contributed by atoms with Crippen LogP contribution in [0.4, 0.5) is 0 Å². The van der Waals surface area contributed by atoms with Crippen LogP contribution in [0.3, 0.4) is 0 Å². The molecule has 13 heteroatoms. The fraction of sp³-hybridized carbons (Fsp3) is 0.880. The molecule has 0 bridgehead atoms. The summed E-state index contributed by atoms with van der Waals surface area (Å²) in [6.07, 6.45) is 25.8. The van der Waals surface area contributed by atoms with E-state index in [1.807, 2.05) is 19.0 Å². The molecule has 13 nitrogen and oxygen atoms in total. The average molecular weight is 898 g/mol. The second-order valence-electron chi connectivity index (χ2n) is 17.9. The number of rotatable bonds is 44. The summed E-state index contributed by atoms with van der Waals surface area (Å²) < 4.78 is 32.8. The van der Waals surface area contributed by atoms with Gasteiger partial charge in [0, 0.05) is 38.5 Å². The Labute approximate surface area is 382 Å². The van der Waals surface area contributed by atoms with Gasteiger partial charge in [0.15, 0.2) is 0 Å². The quantitative estimate of drug-likeness (QED) is 0.0323. The Morgan fingerprint density at radius 1 is 0.397 bits per heavy atom. The van der Waals surface area contributed by atoms with Crippen LogP contribution >= 0.6 is 0 Å². The van der Waals surface area contributed by atoms with E-state index in [2.05, 4.69) is 13.8 Å². The minimum atomic E-state index is -1.28. The van der Waals surface area contributed by atoms with Crippen molar-refractivity contribution < 1.29 is 57.2 Å². The molecule has 0 aliphatic heterocycles. The third-order valence-electron chi connectivity index (χ3n) is 11.5. The molecule has 0 amide bonds. The summed E-state index contributed by atoms with van der Waals surface area (Å²) in [7, 11) is 6.68. The molecule has 0 radical (unpaired) electrons. The highest BCUT2D eigenvalue weighted by molar-refractivity contribution is 5.71.